The number of carbonyl (C=O) groups excluding carboxylic acids is 3. The molecule has 7 nitrogen and oxygen atoms in total. The Morgan fingerprint density at radius 1 is 1.14 bits per heavy atom. The Kier molecular flexibility index (Phi) is 10.3. The number of nitrogens with zero attached hydrogens (tertiary/aromatic N) is 1. The third-order valence-electron chi connectivity index (χ3n) is 5.72. The maximum Gasteiger partial charge on any atom is 0.408 e. The molecule has 0 bridgehead atoms. The van der Waals surface area contributed by atoms with Crippen molar-refractivity contribution in [2.75, 3.05) is 11.9 Å². The Hall–Kier alpha value is -3.32. The minimum absolute atomic E-state index is 0.218. The first-order valence-corrected chi connectivity index (χ1v) is 12.7. The fraction of sp³-hybridized carbons (Fsp3) is 0.414. The van der Waals surface area contributed by atoms with Gasteiger partial charge in [0.25, 0.3) is 5.91 Å². The number of carbonyl (C=O) groups is 3. The summed E-state index contributed by atoms with van der Waals surface area (Å²) < 4.78 is 5.38. The number of hydrogen-bond donors (Lipinski definition) is 2. The second-order valence-corrected chi connectivity index (χ2v) is 10.6. The van der Waals surface area contributed by atoms with Crippen molar-refractivity contribution in [2.24, 2.45) is 5.92 Å². The summed E-state index contributed by atoms with van der Waals surface area (Å²) in [4.78, 5) is 41.7. The summed E-state index contributed by atoms with van der Waals surface area (Å²) in [7, 11) is 0. The Morgan fingerprint density at radius 3 is 2.32 bits per heavy atom. The average Bonchev–Trinajstić information content (AvgIpc) is 2.81. The van der Waals surface area contributed by atoms with Crippen LogP contribution in [0, 0.1) is 12.8 Å². The molecule has 2 atom stereocenters. The van der Waals surface area contributed by atoms with Gasteiger partial charge in [-0.2, -0.15) is 0 Å². The standard InChI is InChI=1S/C29H38ClN3O4/c1-9-20-14-12-15-21(17-20)25(26(34)31-24-19(5)13-11-16-22(24)30)33(10-2)27(35)23(18(3)4)32-28(36)37-29(6,7)8/h9,11-18,23,25H,1,10H2,2-8H3,(H,31,34)(H,32,36). The molecule has 8 heteroatoms. The molecule has 200 valence electrons. The lowest BCUT2D eigenvalue weighted by Gasteiger charge is -2.35. The normalized spacial score (nSPS) is 12.9. The van der Waals surface area contributed by atoms with Crippen LogP contribution in [0.1, 0.15) is 64.3 Å². The van der Waals surface area contributed by atoms with Gasteiger partial charge in [0.1, 0.15) is 17.7 Å². The summed E-state index contributed by atoms with van der Waals surface area (Å²) in [6.07, 6.45) is 0.979. The lowest BCUT2D eigenvalue weighted by Crippen LogP contribution is -2.54. The zero-order valence-electron chi connectivity index (χ0n) is 22.7. The first-order valence-electron chi connectivity index (χ1n) is 12.4. The van der Waals surface area contributed by atoms with Crippen LogP contribution in [0.5, 0.6) is 0 Å². The number of likely N-dealkylation sites (N-methyl/N-ethyl adjacent to an activating group) is 1. The lowest BCUT2D eigenvalue weighted by molar-refractivity contribution is -0.141. The van der Waals surface area contributed by atoms with E-state index in [1.807, 2.05) is 45.0 Å². The monoisotopic (exact) mass is 527 g/mol. The molecular formula is C29H38ClN3O4. The highest BCUT2D eigenvalue weighted by Crippen LogP contribution is 2.30. The van der Waals surface area contributed by atoms with Crippen LogP contribution < -0.4 is 10.6 Å². The first kappa shape index (κ1) is 29.9. The van der Waals surface area contributed by atoms with E-state index in [2.05, 4.69) is 17.2 Å². The van der Waals surface area contributed by atoms with Crippen LogP contribution in [0.25, 0.3) is 6.08 Å². The quantitative estimate of drug-likeness (QED) is 0.396. The van der Waals surface area contributed by atoms with Gasteiger partial charge in [0.15, 0.2) is 0 Å². The Morgan fingerprint density at radius 2 is 1.78 bits per heavy atom. The van der Waals surface area contributed by atoms with Gasteiger partial charge in [-0.1, -0.05) is 68.4 Å². The zero-order valence-corrected chi connectivity index (χ0v) is 23.5. The van der Waals surface area contributed by atoms with E-state index >= 15 is 0 Å². The maximum absolute atomic E-state index is 13.9. The van der Waals surface area contributed by atoms with Crippen LogP contribution in [0.4, 0.5) is 10.5 Å². The van der Waals surface area contributed by atoms with E-state index < -0.39 is 35.6 Å². The number of anilines is 1. The molecule has 0 saturated heterocycles. The van der Waals surface area contributed by atoms with Gasteiger partial charge in [0, 0.05) is 6.54 Å². The number of benzene rings is 2. The maximum atomic E-state index is 13.9. The molecule has 2 aromatic carbocycles. The van der Waals surface area contributed by atoms with E-state index in [9.17, 15) is 14.4 Å². The molecule has 0 saturated carbocycles. The predicted molar refractivity (Wildman–Crippen MR) is 149 cm³/mol. The van der Waals surface area contributed by atoms with E-state index in [1.54, 1.807) is 52.0 Å². The molecule has 2 unspecified atom stereocenters. The van der Waals surface area contributed by atoms with Gasteiger partial charge in [-0.25, -0.2) is 4.79 Å². The number of aryl methyl sites for hydroxylation is 1. The van der Waals surface area contributed by atoms with Crippen LogP contribution in [0.3, 0.4) is 0 Å². The molecule has 0 aliphatic carbocycles. The SMILES string of the molecule is C=Cc1cccc(C(C(=O)Nc2c(C)cccc2Cl)N(CC)C(=O)C(NC(=O)OC(C)(C)C)C(C)C)c1. The molecule has 0 aliphatic heterocycles. The Balaban J connectivity index is 2.52. The van der Waals surface area contributed by atoms with Crippen molar-refractivity contribution in [1.82, 2.24) is 10.2 Å². The second-order valence-electron chi connectivity index (χ2n) is 10.2. The van der Waals surface area contributed by atoms with Gasteiger partial charge in [-0.05, 0) is 69.4 Å². The van der Waals surface area contributed by atoms with Crippen LogP contribution in [0.15, 0.2) is 49.0 Å². The molecule has 0 fully saturated rings. The van der Waals surface area contributed by atoms with E-state index in [1.165, 1.54) is 4.90 Å². The summed E-state index contributed by atoms with van der Waals surface area (Å²) >= 11 is 6.38. The molecule has 37 heavy (non-hydrogen) atoms. The Labute approximate surface area is 225 Å². The Bertz CT molecular complexity index is 1120. The predicted octanol–water partition coefficient (Wildman–Crippen LogP) is 6.37. The lowest BCUT2D eigenvalue weighted by atomic mass is 9.97. The van der Waals surface area contributed by atoms with Gasteiger partial charge in [-0.15, -0.1) is 0 Å². The third kappa shape index (κ3) is 8.09. The van der Waals surface area contributed by atoms with Crippen LogP contribution >= 0.6 is 11.6 Å². The molecule has 0 aromatic heterocycles. The van der Waals surface area contributed by atoms with Gasteiger partial charge in [0.05, 0.1) is 10.7 Å². The van der Waals surface area contributed by atoms with E-state index in [4.69, 9.17) is 16.3 Å². The van der Waals surface area contributed by atoms with Crippen molar-refractivity contribution in [2.45, 2.75) is 66.2 Å². The number of hydrogen-bond acceptors (Lipinski definition) is 4. The second kappa shape index (κ2) is 12.8. The topological polar surface area (TPSA) is 87.7 Å². The summed E-state index contributed by atoms with van der Waals surface area (Å²) in [5.41, 5.74) is 1.96. The number of amides is 3. The number of ether oxygens (including phenoxy) is 1. The largest absolute Gasteiger partial charge is 0.444 e. The number of para-hydroxylation sites is 1. The van der Waals surface area contributed by atoms with Crippen LogP contribution in [-0.4, -0.2) is 41.0 Å². The van der Waals surface area contributed by atoms with Crippen molar-refractivity contribution >= 4 is 41.3 Å². The highest BCUT2D eigenvalue weighted by Gasteiger charge is 2.37. The smallest absolute Gasteiger partial charge is 0.408 e. The van der Waals surface area contributed by atoms with Crippen LogP contribution in [0.2, 0.25) is 5.02 Å². The van der Waals surface area contributed by atoms with Crippen LogP contribution in [-0.2, 0) is 14.3 Å². The number of nitrogens with one attached hydrogen (secondary N) is 2. The van der Waals surface area contributed by atoms with E-state index in [-0.39, 0.29) is 12.5 Å². The average molecular weight is 528 g/mol. The number of rotatable bonds is 9. The third-order valence-corrected chi connectivity index (χ3v) is 6.04. The highest BCUT2D eigenvalue weighted by atomic mass is 35.5. The molecule has 0 spiro atoms. The highest BCUT2D eigenvalue weighted by molar-refractivity contribution is 6.34. The molecule has 0 heterocycles. The summed E-state index contributed by atoms with van der Waals surface area (Å²) in [6.45, 7) is 16.6. The van der Waals surface area contributed by atoms with Gasteiger partial charge < -0.3 is 20.3 Å². The molecule has 3 amide bonds. The molecule has 2 N–H and O–H groups in total. The van der Waals surface area contributed by atoms with Crippen molar-refractivity contribution in [1.29, 1.82) is 0 Å². The summed E-state index contributed by atoms with van der Waals surface area (Å²) in [5.74, 6) is -1.08. The molecule has 2 aromatic rings. The first-order chi connectivity index (χ1) is 17.3. The van der Waals surface area contributed by atoms with E-state index in [0.29, 0.717) is 16.3 Å². The molecule has 0 aliphatic rings. The summed E-state index contributed by atoms with van der Waals surface area (Å²) in [6, 6.07) is 10.7. The van der Waals surface area contributed by atoms with Gasteiger partial charge in [0.2, 0.25) is 5.91 Å². The van der Waals surface area contributed by atoms with Crippen molar-refractivity contribution in [3.8, 4) is 0 Å². The fourth-order valence-electron chi connectivity index (χ4n) is 3.90. The van der Waals surface area contributed by atoms with Crippen molar-refractivity contribution < 1.29 is 19.1 Å². The van der Waals surface area contributed by atoms with Gasteiger partial charge >= 0.3 is 6.09 Å². The molecule has 0 radical (unpaired) electrons. The van der Waals surface area contributed by atoms with E-state index in [0.717, 1.165) is 11.1 Å². The number of alkyl carbamates (subject to hydrolysis) is 1. The zero-order chi connectivity index (χ0) is 27.9. The van der Waals surface area contributed by atoms with Crippen molar-refractivity contribution in [3.05, 3.63) is 70.8 Å². The minimum atomic E-state index is -0.991. The number of halogens is 1. The minimum Gasteiger partial charge on any atom is -0.444 e. The summed E-state index contributed by atoms with van der Waals surface area (Å²) in [5, 5.41) is 6.02. The van der Waals surface area contributed by atoms with Gasteiger partial charge in [-0.3, -0.25) is 9.59 Å². The van der Waals surface area contributed by atoms with Crippen molar-refractivity contribution in [3.63, 3.8) is 0 Å². The fourth-order valence-corrected chi connectivity index (χ4v) is 4.17. The molecule has 2 rings (SSSR count). The molecular weight excluding hydrogens is 490 g/mol.